The Bertz CT molecular complexity index is 574. The highest BCUT2D eigenvalue weighted by Crippen LogP contribution is 2.28. The normalized spacial score (nSPS) is 12.2. The third-order valence-electron chi connectivity index (χ3n) is 2.52. The van der Waals surface area contributed by atoms with E-state index < -0.39 is 23.8 Å². The Balaban J connectivity index is 3.05. The molecule has 0 aliphatic heterocycles. The van der Waals surface area contributed by atoms with Gasteiger partial charge >= 0.3 is 12.1 Å². The molecule has 0 bridgehead atoms. The monoisotopic (exact) mass is 326 g/mol. The summed E-state index contributed by atoms with van der Waals surface area (Å²) >= 11 is 5.93. The summed E-state index contributed by atoms with van der Waals surface area (Å²) in [7, 11) is 1.22. The standard InChI is InChI=1S/C16H19ClO5/c1-10(14(18)20-5)13(11-7-6-8-12(17)9-11)21-15(19)22-16(2,3)4/h6-9,13H,1H2,2-5H3. The van der Waals surface area contributed by atoms with E-state index in [1.165, 1.54) is 7.11 Å². The predicted molar refractivity (Wildman–Crippen MR) is 82.7 cm³/mol. The van der Waals surface area contributed by atoms with Crippen LogP contribution in [0.3, 0.4) is 0 Å². The van der Waals surface area contributed by atoms with Crippen LogP contribution in [0.5, 0.6) is 0 Å². The summed E-state index contributed by atoms with van der Waals surface area (Å²) in [6.45, 7) is 8.75. The number of rotatable bonds is 4. The molecule has 0 saturated carbocycles. The van der Waals surface area contributed by atoms with Crippen molar-refractivity contribution in [3.63, 3.8) is 0 Å². The fraction of sp³-hybridized carbons (Fsp3) is 0.375. The van der Waals surface area contributed by atoms with Crippen LogP contribution in [-0.4, -0.2) is 24.8 Å². The van der Waals surface area contributed by atoms with Crippen LogP contribution in [0.2, 0.25) is 5.02 Å². The molecule has 0 saturated heterocycles. The summed E-state index contributed by atoms with van der Waals surface area (Å²) in [4.78, 5) is 23.6. The molecule has 0 radical (unpaired) electrons. The van der Waals surface area contributed by atoms with Crippen LogP contribution in [0.1, 0.15) is 32.4 Å². The van der Waals surface area contributed by atoms with Crippen molar-refractivity contribution < 1.29 is 23.8 Å². The molecular formula is C16H19ClO5. The van der Waals surface area contributed by atoms with Crippen LogP contribution >= 0.6 is 11.6 Å². The van der Waals surface area contributed by atoms with Crippen LogP contribution in [0.15, 0.2) is 36.4 Å². The van der Waals surface area contributed by atoms with Crippen molar-refractivity contribution in [2.75, 3.05) is 7.11 Å². The average molecular weight is 327 g/mol. The van der Waals surface area contributed by atoms with E-state index >= 15 is 0 Å². The molecule has 0 aromatic heterocycles. The van der Waals surface area contributed by atoms with Gasteiger partial charge in [0.1, 0.15) is 5.60 Å². The van der Waals surface area contributed by atoms with E-state index in [0.717, 1.165) is 0 Å². The number of carbonyl (C=O) groups is 2. The summed E-state index contributed by atoms with van der Waals surface area (Å²) in [5, 5.41) is 0.438. The summed E-state index contributed by atoms with van der Waals surface area (Å²) in [6, 6.07) is 6.57. The molecule has 0 aliphatic carbocycles. The summed E-state index contributed by atoms with van der Waals surface area (Å²) in [5.74, 6) is -0.687. The van der Waals surface area contributed by atoms with Crippen molar-refractivity contribution >= 4 is 23.7 Å². The van der Waals surface area contributed by atoms with Gasteiger partial charge in [0.15, 0.2) is 6.10 Å². The minimum absolute atomic E-state index is 0.0318. The molecule has 0 heterocycles. The van der Waals surface area contributed by atoms with Gasteiger partial charge in [0, 0.05) is 5.02 Å². The maximum atomic E-state index is 11.9. The average Bonchev–Trinajstić information content (AvgIpc) is 2.41. The lowest BCUT2D eigenvalue weighted by Gasteiger charge is -2.23. The van der Waals surface area contributed by atoms with E-state index in [1.54, 1.807) is 45.0 Å². The number of hydrogen-bond acceptors (Lipinski definition) is 5. The first-order valence-corrected chi connectivity index (χ1v) is 6.94. The second-order valence-corrected chi connectivity index (χ2v) is 5.97. The molecule has 0 N–H and O–H groups in total. The summed E-state index contributed by atoms with van der Waals surface area (Å²) in [6.07, 6.45) is -1.96. The largest absolute Gasteiger partial charge is 0.509 e. The van der Waals surface area contributed by atoms with E-state index in [-0.39, 0.29) is 5.57 Å². The Morgan fingerprint density at radius 3 is 2.41 bits per heavy atom. The number of carbonyl (C=O) groups excluding carboxylic acids is 2. The van der Waals surface area contributed by atoms with E-state index in [9.17, 15) is 9.59 Å². The molecule has 0 aliphatic rings. The summed E-state index contributed by atoms with van der Waals surface area (Å²) < 4.78 is 15.0. The van der Waals surface area contributed by atoms with Gasteiger partial charge in [0.25, 0.3) is 0 Å². The maximum absolute atomic E-state index is 11.9. The lowest BCUT2D eigenvalue weighted by atomic mass is 10.0. The molecule has 0 spiro atoms. The highest BCUT2D eigenvalue weighted by atomic mass is 35.5. The van der Waals surface area contributed by atoms with Gasteiger partial charge in [-0.05, 0) is 38.5 Å². The second kappa shape index (κ2) is 7.31. The Hall–Kier alpha value is -2.01. The van der Waals surface area contributed by atoms with Gasteiger partial charge in [0.2, 0.25) is 0 Å². The summed E-state index contributed by atoms with van der Waals surface area (Å²) in [5.41, 5.74) is -0.257. The Kier molecular flexibility index (Phi) is 6.00. The van der Waals surface area contributed by atoms with Crippen molar-refractivity contribution in [1.29, 1.82) is 0 Å². The number of ether oxygens (including phenoxy) is 3. The van der Waals surface area contributed by atoms with Gasteiger partial charge in [-0.2, -0.15) is 0 Å². The highest BCUT2D eigenvalue weighted by molar-refractivity contribution is 6.30. The van der Waals surface area contributed by atoms with Crippen LogP contribution in [0, 0.1) is 0 Å². The fourth-order valence-electron chi connectivity index (χ4n) is 1.62. The zero-order valence-electron chi connectivity index (χ0n) is 13.0. The van der Waals surface area contributed by atoms with E-state index in [2.05, 4.69) is 11.3 Å². The molecule has 1 aromatic rings. The van der Waals surface area contributed by atoms with Crippen LogP contribution in [0.4, 0.5) is 4.79 Å². The molecule has 22 heavy (non-hydrogen) atoms. The Labute approximate surface area is 134 Å². The van der Waals surface area contributed by atoms with Gasteiger partial charge in [-0.25, -0.2) is 9.59 Å². The van der Waals surface area contributed by atoms with Crippen molar-refractivity contribution in [3.05, 3.63) is 47.0 Å². The van der Waals surface area contributed by atoms with Crippen LogP contribution < -0.4 is 0 Å². The second-order valence-electron chi connectivity index (χ2n) is 5.53. The van der Waals surface area contributed by atoms with Gasteiger partial charge in [0.05, 0.1) is 12.7 Å². The molecular weight excluding hydrogens is 308 g/mol. The van der Waals surface area contributed by atoms with E-state index in [0.29, 0.717) is 10.6 Å². The number of halogens is 1. The lowest BCUT2D eigenvalue weighted by molar-refractivity contribution is -0.137. The molecule has 0 fully saturated rings. The SMILES string of the molecule is C=C(C(=O)OC)C(OC(=O)OC(C)(C)C)c1cccc(Cl)c1. The number of benzene rings is 1. The van der Waals surface area contributed by atoms with Gasteiger partial charge < -0.3 is 14.2 Å². The number of methoxy groups -OCH3 is 1. The van der Waals surface area contributed by atoms with Crippen LogP contribution in [0.25, 0.3) is 0 Å². The Morgan fingerprint density at radius 1 is 1.27 bits per heavy atom. The third-order valence-corrected chi connectivity index (χ3v) is 2.75. The van der Waals surface area contributed by atoms with E-state index in [4.69, 9.17) is 21.1 Å². The van der Waals surface area contributed by atoms with Gasteiger partial charge in [-0.1, -0.05) is 30.3 Å². The van der Waals surface area contributed by atoms with Gasteiger partial charge in [-0.15, -0.1) is 0 Å². The molecule has 5 nitrogen and oxygen atoms in total. The molecule has 6 heteroatoms. The lowest BCUT2D eigenvalue weighted by Crippen LogP contribution is -2.27. The van der Waals surface area contributed by atoms with Crippen LogP contribution in [-0.2, 0) is 19.0 Å². The predicted octanol–water partition coefficient (Wildman–Crippen LogP) is 4.06. The topological polar surface area (TPSA) is 61.8 Å². The zero-order chi connectivity index (χ0) is 16.9. The van der Waals surface area contributed by atoms with E-state index in [1.807, 2.05) is 0 Å². The number of hydrogen-bond donors (Lipinski definition) is 0. The van der Waals surface area contributed by atoms with Crippen molar-refractivity contribution in [2.45, 2.75) is 32.5 Å². The first-order valence-electron chi connectivity index (χ1n) is 6.56. The molecule has 1 atom stereocenters. The highest BCUT2D eigenvalue weighted by Gasteiger charge is 2.28. The smallest absolute Gasteiger partial charge is 0.466 e. The van der Waals surface area contributed by atoms with Crippen molar-refractivity contribution in [2.24, 2.45) is 0 Å². The fourth-order valence-corrected chi connectivity index (χ4v) is 1.82. The number of esters is 1. The minimum Gasteiger partial charge on any atom is -0.466 e. The van der Waals surface area contributed by atoms with Crippen molar-refractivity contribution in [3.8, 4) is 0 Å². The molecule has 1 rings (SSSR count). The first kappa shape index (κ1) is 18.0. The zero-order valence-corrected chi connectivity index (χ0v) is 13.8. The third kappa shape index (κ3) is 5.41. The Morgan fingerprint density at radius 2 is 1.91 bits per heavy atom. The maximum Gasteiger partial charge on any atom is 0.509 e. The molecule has 1 unspecified atom stereocenters. The van der Waals surface area contributed by atoms with Crippen molar-refractivity contribution in [1.82, 2.24) is 0 Å². The van der Waals surface area contributed by atoms with Gasteiger partial charge in [-0.3, -0.25) is 0 Å². The molecule has 0 amide bonds. The quantitative estimate of drug-likeness (QED) is 0.616. The molecule has 120 valence electrons. The first-order chi connectivity index (χ1) is 10.1. The molecule has 1 aromatic carbocycles. The minimum atomic E-state index is -1.04.